The number of rotatable bonds is 5. The van der Waals surface area contributed by atoms with E-state index in [9.17, 15) is 19.1 Å². The van der Waals surface area contributed by atoms with E-state index in [0.717, 1.165) is 12.1 Å². The van der Waals surface area contributed by atoms with E-state index in [1.807, 2.05) is 6.07 Å². The fraction of sp³-hybridized carbons (Fsp3) is 0.115. The van der Waals surface area contributed by atoms with E-state index in [2.05, 4.69) is 0 Å². The Labute approximate surface area is 194 Å². The molecule has 7 nitrogen and oxygen atoms in total. The Balaban J connectivity index is 1.99. The van der Waals surface area contributed by atoms with Crippen LogP contribution in [0, 0.1) is 17.1 Å². The number of benzene rings is 3. The van der Waals surface area contributed by atoms with Crippen LogP contribution < -0.4 is 14.4 Å². The third-order valence-electron chi connectivity index (χ3n) is 5.55. The maximum Gasteiger partial charge on any atom is 0.300 e. The number of nitriles is 1. The highest BCUT2D eigenvalue weighted by Crippen LogP contribution is 2.44. The topological polar surface area (TPSA) is 99.9 Å². The van der Waals surface area contributed by atoms with Crippen LogP contribution >= 0.6 is 0 Å². The second kappa shape index (κ2) is 9.08. The number of ether oxygens (including phenoxy) is 2. The van der Waals surface area contributed by atoms with Gasteiger partial charge in [-0.25, -0.2) is 4.39 Å². The van der Waals surface area contributed by atoms with Crippen LogP contribution in [0.15, 0.2) is 72.3 Å². The van der Waals surface area contributed by atoms with E-state index >= 15 is 0 Å². The molecule has 8 heteroatoms. The molecular formula is C26H19FN2O5. The summed E-state index contributed by atoms with van der Waals surface area (Å²) in [5.74, 6) is -2.44. The first-order valence-electron chi connectivity index (χ1n) is 10.2. The van der Waals surface area contributed by atoms with Gasteiger partial charge >= 0.3 is 0 Å². The van der Waals surface area contributed by atoms with Gasteiger partial charge in [0.2, 0.25) is 0 Å². The van der Waals surface area contributed by atoms with Gasteiger partial charge in [0, 0.05) is 5.69 Å². The second-order valence-electron chi connectivity index (χ2n) is 7.45. The minimum atomic E-state index is -1.05. The molecule has 1 N–H and O–H groups in total. The summed E-state index contributed by atoms with van der Waals surface area (Å²) in [5.41, 5.74) is 0.918. The molecule has 1 fully saturated rings. The van der Waals surface area contributed by atoms with Crippen LogP contribution in [0.25, 0.3) is 5.76 Å². The zero-order valence-corrected chi connectivity index (χ0v) is 18.3. The molecule has 1 saturated heterocycles. The van der Waals surface area contributed by atoms with Crippen LogP contribution in [0.4, 0.5) is 10.1 Å². The van der Waals surface area contributed by atoms with Gasteiger partial charge in [-0.1, -0.05) is 12.1 Å². The Kier molecular flexibility index (Phi) is 6.02. The number of Topliss-reactive ketones (excluding diaryl/α,β-unsaturated/α-hetero) is 1. The number of hydrogen-bond donors (Lipinski definition) is 1. The molecule has 0 saturated carbocycles. The van der Waals surface area contributed by atoms with Crippen molar-refractivity contribution in [2.45, 2.75) is 6.04 Å². The number of methoxy groups -OCH3 is 2. The summed E-state index contributed by atoms with van der Waals surface area (Å²) in [7, 11) is 2.83. The molecular weight excluding hydrogens is 439 g/mol. The van der Waals surface area contributed by atoms with Crippen molar-refractivity contribution in [3.8, 4) is 17.6 Å². The highest BCUT2D eigenvalue weighted by molar-refractivity contribution is 6.51. The van der Waals surface area contributed by atoms with Crippen molar-refractivity contribution in [3.63, 3.8) is 0 Å². The average molecular weight is 458 g/mol. The van der Waals surface area contributed by atoms with Crippen molar-refractivity contribution in [3.05, 3.63) is 94.8 Å². The molecule has 1 heterocycles. The van der Waals surface area contributed by atoms with Crippen molar-refractivity contribution in [1.29, 1.82) is 5.26 Å². The summed E-state index contributed by atoms with van der Waals surface area (Å²) in [6.45, 7) is 0. The molecule has 1 aliphatic heterocycles. The van der Waals surface area contributed by atoms with E-state index in [4.69, 9.17) is 14.7 Å². The predicted octanol–water partition coefficient (Wildman–Crippen LogP) is 4.34. The van der Waals surface area contributed by atoms with Gasteiger partial charge in [0.1, 0.15) is 23.1 Å². The molecule has 0 aromatic heterocycles. The van der Waals surface area contributed by atoms with Crippen molar-refractivity contribution in [1.82, 2.24) is 0 Å². The maximum atomic E-state index is 14.0. The SMILES string of the molecule is COc1cccc(C2/C(=C(\O)c3cc(F)ccc3OC)C(=O)C(=O)N2c2ccc(C#N)cc2)c1. The standard InChI is InChI=1S/C26H19FN2O5/c1-33-19-5-3-4-16(12-19)23-22(24(30)20-13-17(27)8-11-21(20)34-2)25(31)26(32)29(23)18-9-6-15(14-28)7-10-18/h3-13,23,30H,1-2H3/b24-22+. The van der Waals surface area contributed by atoms with Crippen molar-refractivity contribution >= 4 is 23.1 Å². The number of hydrogen-bond acceptors (Lipinski definition) is 6. The average Bonchev–Trinajstić information content (AvgIpc) is 3.14. The Hall–Kier alpha value is -4.64. The van der Waals surface area contributed by atoms with Gasteiger partial charge in [-0.15, -0.1) is 0 Å². The lowest BCUT2D eigenvalue weighted by molar-refractivity contribution is -0.132. The first-order chi connectivity index (χ1) is 16.4. The van der Waals surface area contributed by atoms with Crippen LogP contribution in [-0.4, -0.2) is 31.0 Å². The molecule has 170 valence electrons. The zero-order chi connectivity index (χ0) is 24.4. The Morgan fingerprint density at radius 2 is 1.76 bits per heavy atom. The number of nitrogens with zero attached hydrogens (tertiary/aromatic N) is 2. The quantitative estimate of drug-likeness (QED) is 0.347. The summed E-state index contributed by atoms with van der Waals surface area (Å²) >= 11 is 0. The zero-order valence-electron chi connectivity index (χ0n) is 18.3. The largest absolute Gasteiger partial charge is 0.507 e. The van der Waals surface area contributed by atoms with E-state index in [0.29, 0.717) is 22.6 Å². The van der Waals surface area contributed by atoms with Gasteiger partial charge in [-0.3, -0.25) is 14.5 Å². The molecule has 1 aliphatic rings. The molecule has 1 unspecified atom stereocenters. The van der Waals surface area contributed by atoms with Gasteiger partial charge in [0.15, 0.2) is 0 Å². The highest BCUT2D eigenvalue weighted by atomic mass is 19.1. The number of halogens is 1. The van der Waals surface area contributed by atoms with Crippen molar-refractivity contribution < 1.29 is 28.6 Å². The maximum absolute atomic E-state index is 14.0. The van der Waals surface area contributed by atoms with Crippen LogP contribution in [0.1, 0.15) is 22.7 Å². The van der Waals surface area contributed by atoms with Crippen molar-refractivity contribution in [2.24, 2.45) is 0 Å². The van der Waals surface area contributed by atoms with E-state index in [-0.39, 0.29) is 16.9 Å². The van der Waals surface area contributed by atoms with Gasteiger partial charge in [0.25, 0.3) is 11.7 Å². The predicted molar refractivity (Wildman–Crippen MR) is 122 cm³/mol. The van der Waals surface area contributed by atoms with Crippen LogP contribution in [0.2, 0.25) is 0 Å². The molecule has 0 bridgehead atoms. The third kappa shape index (κ3) is 3.84. The number of carbonyl (C=O) groups is 2. The smallest absolute Gasteiger partial charge is 0.300 e. The molecule has 0 spiro atoms. The Morgan fingerprint density at radius 1 is 1.03 bits per heavy atom. The molecule has 3 aromatic rings. The van der Waals surface area contributed by atoms with Crippen LogP contribution in [0.5, 0.6) is 11.5 Å². The van der Waals surface area contributed by atoms with Gasteiger partial charge in [-0.05, 0) is 60.2 Å². The van der Waals surface area contributed by atoms with Gasteiger partial charge in [-0.2, -0.15) is 5.26 Å². The first kappa shape index (κ1) is 22.6. The lowest BCUT2D eigenvalue weighted by atomic mass is 9.94. The van der Waals surface area contributed by atoms with E-state index in [1.165, 1.54) is 37.3 Å². The van der Waals surface area contributed by atoms with Crippen LogP contribution in [-0.2, 0) is 9.59 Å². The highest BCUT2D eigenvalue weighted by Gasteiger charge is 2.47. The summed E-state index contributed by atoms with van der Waals surface area (Å²) in [4.78, 5) is 27.6. The van der Waals surface area contributed by atoms with Gasteiger partial charge < -0.3 is 14.6 Å². The molecule has 34 heavy (non-hydrogen) atoms. The summed E-state index contributed by atoms with van der Waals surface area (Å²) in [6, 6.07) is 17.3. The number of aliphatic hydroxyl groups is 1. The summed E-state index contributed by atoms with van der Waals surface area (Å²) in [5, 5.41) is 20.3. The molecule has 4 rings (SSSR count). The number of amides is 1. The lowest BCUT2D eigenvalue weighted by Gasteiger charge is -2.26. The Morgan fingerprint density at radius 3 is 2.41 bits per heavy atom. The molecule has 0 aliphatic carbocycles. The molecule has 3 aromatic carbocycles. The monoisotopic (exact) mass is 458 g/mol. The molecule has 1 atom stereocenters. The number of carbonyl (C=O) groups excluding carboxylic acids is 2. The molecule has 1 amide bonds. The Bertz CT molecular complexity index is 1360. The van der Waals surface area contributed by atoms with Crippen LogP contribution in [0.3, 0.4) is 0 Å². The van der Waals surface area contributed by atoms with E-state index in [1.54, 1.807) is 36.4 Å². The third-order valence-corrected chi connectivity index (χ3v) is 5.55. The fourth-order valence-electron chi connectivity index (χ4n) is 3.93. The van der Waals surface area contributed by atoms with Gasteiger partial charge in [0.05, 0.1) is 43.0 Å². The number of ketones is 1. The minimum Gasteiger partial charge on any atom is -0.507 e. The van der Waals surface area contributed by atoms with Crippen molar-refractivity contribution in [2.75, 3.05) is 19.1 Å². The lowest BCUT2D eigenvalue weighted by Crippen LogP contribution is -2.29. The number of anilines is 1. The van der Waals surface area contributed by atoms with E-state index < -0.39 is 29.3 Å². The normalized spacial score (nSPS) is 16.9. The first-order valence-corrected chi connectivity index (χ1v) is 10.2. The second-order valence-corrected chi connectivity index (χ2v) is 7.45. The summed E-state index contributed by atoms with van der Waals surface area (Å²) < 4.78 is 24.6. The molecule has 0 radical (unpaired) electrons. The minimum absolute atomic E-state index is 0.0618. The fourth-order valence-corrected chi connectivity index (χ4v) is 3.93. The number of aliphatic hydroxyl groups excluding tert-OH is 1. The summed E-state index contributed by atoms with van der Waals surface area (Å²) in [6.07, 6.45) is 0.